The van der Waals surface area contributed by atoms with Crippen LogP contribution in [0.1, 0.15) is 10.4 Å². The van der Waals surface area contributed by atoms with Crippen LogP contribution in [0.4, 0.5) is 0 Å². The molecule has 0 saturated carbocycles. The standard InChI is InChI=1S/C19H20N2O2S.ClH/c1-2-10-21-19(5-1)22-12-11-20-14-16-6-8-17(9-7-16)23-15-18-4-3-13-24-18;/h1-10,13,20H,11-12,14-15H2;1H. The molecule has 3 aromatic rings. The summed E-state index contributed by atoms with van der Waals surface area (Å²) in [4.78, 5) is 5.35. The Morgan fingerprint density at radius 3 is 2.56 bits per heavy atom. The Morgan fingerprint density at radius 2 is 1.84 bits per heavy atom. The van der Waals surface area contributed by atoms with Gasteiger partial charge in [-0.25, -0.2) is 4.98 Å². The quantitative estimate of drug-likeness (QED) is 0.565. The minimum Gasteiger partial charge on any atom is -0.488 e. The predicted octanol–water partition coefficient (Wildman–Crippen LogP) is 4.31. The molecule has 0 aliphatic carbocycles. The molecule has 0 amide bonds. The summed E-state index contributed by atoms with van der Waals surface area (Å²) in [6.07, 6.45) is 1.73. The van der Waals surface area contributed by atoms with Gasteiger partial charge in [0.1, 0.15) is 19.0 Å². The van der Waals surface area contributed by atoms with E-state index < -0.39 is 0 Å². The van der Waals surface area contributed by atoms with Crippen LogP contribution in [-0.2, 0) is 13.2 Å². The molecule has 132 valence electrons. The molecule has 0 atom stereocenters. The molecule has 1 aromatic carbocycles. The van der Waals surface area contributed by atoms with Gasteiger partial charge in [-0.1, -0.05) is 24.3 Å². The van der Waals surface area contributed by atoms with Gasteiger partial charge in [0.2, 0.25) is 5.88 Å². The van der Waals surface area contributed by atoms with Crippen molar-refractivity contribution >= 4 is 23.7 Å². The predicted molar refractivity (Wildman–Crippen MR) is 104 cm³/mol. The Balaban J connectivity index is 0.00000225. The molecule has 0 bridgehead atoms. The number of aromatic nitrogens is 1. The molecule has 2 aromatic heterocycles. The molecule has 0 aliphatic rings. The zero-order chi connectivity index (χ0) is 16.5. The van der Waals surface area contributed by atoms with E-state index >= 15 is 0 Å². The van der Waals surface area contributed by atoms with Gasteiger partial charge in [-0.3, -0.25) is 0 Å². The lowest BCUT2D eigenvalue weighted by molar-refractivity contribution is 0.302. The molecule has 3 rings (SSSR count). The van der Waals surface area contributed by atoms with Crippen LogP contribution in [0.2, 0.25) is 0 Å². The Labute approximate surface area is 158 Å². The normalized spacial score (nSPS) is 10.1. The maximum Gasteiger partial charge on any atom is 0.213 e. The highest BCUT2D eigenvalue weighted by atomic mass is 35.5. The van der Waals surface area contributed by atoms with Gasteiger partial charge in [0.25, 0.3) is 0 Å². The van der Waals surface area contributed by atoms with Crippen molar-refractivity contribution in [1.82, 2.24) is 10.3 Å². The van der Waals surface area contributed by atoms with Gasteiger partial charge in [-0.15, -0.1) is 23.7 Å². The Kier molecular flexibility index (Phi) is 8.25. The van der Waals surface area contributed by atoms with Gasteiger partial charge in [0, 0.05) is 30.2 Å². The van der Waals surface area contributed by atoms with Gasteiger partial charge < -0.3 is 14.8 Å². The zero-order valence-corrected chi connectivity index (χ0v) is 15.4. The Hall–Kier alpha value is -2.08. The molecule has 0 unspecified atom stereocenters. The summed E-state index contributed by atoms with van der Waals surface area (Å²) in [5.41, 5.74) is 1.22. The van der Waals surface area contributed by atoms with Crippen molar-refractivity contribution in [3.05, 3.63) is 76.6 Å². The third-order valence-electron chi connectivity index (χ3n) is 3.38. The fourth-order valence-corrected chi connectivity index (χ4v) is 2.76. The topological polar surface area (TPSA) is 43.4 Å². The molecule has 6 heteroatoms. The number of halogens is 1. The molecular weight excluding hydrogens is 356 g/mol. The first-order valence-electron chi connectivity index (χ1n) is 7.89. The van der Waals surface area contributed by atoms with Crippen LogP contribution in [0.3, 0.4) is 0 Å². The van der Waals surface area contributed by atoms with Crippen molar-refractivity contribution in [3.63, 3.8) is 0 Å². The maximum absolute atomic E-state index is 5.76. The largest absolute Gasteiger partial charge is 0.488 e. The summed E-state index contributed by atoms with van der Waals surface area (Å²) in [7, 11) is 0. The lowest BCUT2D eigenvalue weighted by Crippen LogP contribution is -2.20. The van der Waals surface area contributed by atoms with Crippen LogP contribution >= 0.6 is 23.7 Å². The van der Waals surface area contributed by atoms with E-state index in [1.165, 1.54) is 10.4 Å². The lowest BCUT2D eigenvalue weighted by Gasteiger charge is -2.08. The van der Waals surface area contributed by atoms with Crippen molar-refractivity contribution in [2.45, 2.75) is 13.2 Å². The molecule has 0 radical (unpaired) electrons. The van der Waals surface area contributed by atoms with Gasteiger partial charge in [0.15, 0.2) is 0 Å². The molecular formula is C19H21ClN2O2S. The first kappa shape index (κ1) is 19.2. The van der Waals surface area contributed by atoms with Crippen molar-refractivity contribution in [3.8, 4) is 11.6 Å². The number of nitrogens with one attached hydrogen (secondary N) is 1. The highest BCUT2D eigenvalue weighted by Crippen LogP contribution is 2.16. The fourth-order valence-electron chi connectivity index (χ4n) is 2.15. The Morgan fingerprint density at radius 1 is 0.960 bits per heavy atom. The number of ether oxygens (including phenoxy) is 2. The van der Waals surface area contributed by atoms with E-state index in [0.717, 1.165) is 18.8 Å². The molecule has 0 saturated heterocycles. The molecule has 1 N–H and O–H groups in total. The number of nitrogens with zero attached hydrogens (tertiary/aromatic N) is 1. The fraction of sp³-hybridized carbons (Fsp3) is 0.211. The van der Waals surface area contributed by atoms with Gasteiger partial charge in [-0.2, -0.15) is 0 Å². The zero-order valence-electron chi connectivity index (χ0n) is 13.8. The van der Waals surface area contributed by atoms with Gasteiger partial charge in [0.05, 0.1) is 0 Å². The minimum absolute atomic E-state index is 0. The molecule has 0 spiro atoms. The summed E-state index contributed by atoms with van der Waals surface area (Å²) in [6.45, 7) is 2.79. The van der Waals surface area contributed by atoms with E-state index in [1.807, 2.05) is 36.4 Å². The lowest BCUT2D eigenvalue weighted by atomic mass is 10.2. The first-order valence-corrected chi connectivity index (χ1v) is 8.77. The second-order valence-corrected chi connectivity index (χ2v) is 6.24. The Bertz CT molecular complexity index is 706. The van der Waals surface area contributed by atoms with Crippen LogP contribution in [0.25, 0.3) is 0 Å². The van der Waals surface area contributed by atoms with E-state index in [-0.39, 0.29) is 12.4 Å². The SMILES string of the molecule is Cl.c1ccc(OCCNCc2ccc(OCc3cccs3)cc2)nc1. The molecule has 25 heavy (non-hydrogen) atoms. The van der Waals surface area contributed by atoms with Crippen LogP contribution in [0.15, 0.2) is 66.2 Å². The number of hydrogen-bond acceptors (Lipinski definition) is 5. The second kappa shape index (κ2) is 10.7. The number of rotatable bonds is 9. The third kappa shape index (κ3) is 6.74. The summed E-state index contributed by atoms with van der Waals surface area (Å²) < 4.78 is 11.3. The average molecular weight is 377 g/mol. The smallest absolute Gasteiger partial charge is 0.213 e. The van der Waals surface area contributed by atoms with Crippen molar-refractivity contribution in [2.75, 3.05) is 13.2 Å². The van der Waals surface area contributed by atoms with Crippen LogP contribution in [0.5, 0.6) is 11.6 Å². The number of hydrogen-bond donors (Lipinski definition) is 1. The number of benzene rings is 1. The maximum atomic E-state index is 5.76. The molecule has 0 aliphatic heterocycles. The van der Waals surface area contributed by atoms with Crippen LogP contribution in [0, 0.1) is 0 Å². The van der Waals surface area contributed by atoms with Gasteiger partial charge >= 0.3 is 0 Å². The average Bonchev–Trinajstić information content (AvgIpc) is 3.15. The monoisotopic (exact) mass is 376 g/mol. The summed E-state index contributed by atoms with van der Waals surface area (Å²) in [5.74, 6) is 1.55. The molecule has 0 fully saturated rings. The van der Waals surface area contributed by atoms with E-state index in [4.69, 9.17) is 9.47 Å². The minimum atomic E-state index is 0. The third-order valence-corrected chi connectivity index (χ3v) is 4.23. The molecule has 4 nitrogen and oxygen atoms in total. The number of thiophene rings is 1. The van der Waals surface area contributed by atoms with E-state index in [2.05, 4.69) is 33.9 Å². The number of pyridine rings is 1. The van der Waals surface area contributed by atoms with Crippen molar-refractivity contribution in [2.24, 2.45) is 0 Å². The van der Waals surface area contributed by atoms with Crippen molar-refractivity contribution < 1.29 is 9.47 Å². The van der Waals surface area contributed by atoms with E-state index in [0.29, 0.717) is 19.1 Å². The van der Waals surface area contributed by atoms with Gasteiger partial charge in [-0.05, 0) is 35.2 Å². The van der Waals surface area contributed by atoms with Crippen LogP contribution < -0.4 is 14.8 Å². The van der Waals surface area contributed by atoms with Crippen molar-refractivity contribution in [1.29, 1.82) is 0 Å². The summed E-state index contributed by atoms with van der Waals surface area (Å²) in [6, 6.07) is 17.9. The summed E-state index contributed by atoms with van der Waals surface area (Å²) >= 11 is 1.71. The first-order chi connectivity index (χ1) is 11.9. The van der Waals surface area contributed by atoms with E-state index in [1.54, 1.807) is 17.5 Å². The summed E-state index contributed by atoms with van der Waals surface area (Å²) in [5, 5.41) is 5.41. The molecule has 2 heterocycles. The second-order valence-electron chi connectivity index (χ2n) is 5.21. The van der Waals surface area contributed by atoms with E-state index in [9.17, 15) is 0 Å². The highest BCUT2D eigenvalue weighted by molar-refractivity contribution is 7.09. The highest BCUT2D eigenvalue weighted by Gasteiger charge is 1.98. The van der Waals surface area contributed by atoms with Crippen LogP contribution in [-0.4, -0.2) is 18.1 Å².